The average molecular weight is 214 g/mol. The Labute approximate surface area is 92.3 Å². The summed E-state index contributed by atoms with van der Waals surface area (Å²) in [5.74, 6) is 0. The summed E-state index contributed by atoms with van der Waals surface area (Å²) in [6.07, 6.45) is 10.6. The van der Waals surface area contributed by atoms with Crippen LogP contribution in [0.4, 0.5) is 0 Å². The maximum absolute atomic E-state index is 5.71. The second kappa shape index (κ2) is 7.36. The third kappa shape index (κ3) is 4.52. The Morgan fingerprint density at radius 2 is 2.21 bits per heavy atom. The summed E-state index contributed by atoms with van der Waals surface area (Å²) in [5.41, 5.74) is 0.420. The molecule has 14 heavy (non-hydrogen) atoms. The van der Waals surface area contributed by atoms with Crippen molar-refractivity contribution >= 4 is 11.8 Å². The first-order valence-electron chi connectivity index (χ1n) is 5.78. The summed E-state index contributed by atoms with van der Waals surface area (Å²) < 4.78 is 5.71. The van der Waals surface area contributed by atoms with Gasteiger partial charge in [-0.2, -0.15) is 0 Å². The van der Waals surface area contributed by atoms with Crippen LogP contribution in [0.25, 0.3) is 0 Å². The number of ether oxygens (including phenoxy) is 1. The Morgan fingerprint density at radius 1 is 1.36 bits per heavy atom. The van der Waals surface area contributed by atoms with E-state index in [1.165, 1.54) is 19.3 Å². The highest BCUT2D eigenvalue weighted by Gasteiger charge is 2.21. The predicted molar refractivity (Wildman–Crippen MR) is 64.7 cm³/mol. The van der Waals surface area contributed by atoms with Gasteiger partial charge in [-0.1, -0.05) is 32.4 Å². The molecule has 0 aromatic heterocycles. The molecular formula is C12H22OS. The van der Waals surface area contributed by atoms with E-state index in [1.807, 2.05) is 11.8 Å². The molecule has 0 aromatic carbocycles. The molecule has 0 aliphatic carbocycles. The Bertz CT molecular complexity index is 166. The Kier molecular flexibility index (Phi) is 6.37. The van der Waals surface area contributed by atoms with Crippen LogP contribution in [0.5, 0.6) is 0 Å². The Morgan fingerprint density at radius 3 is 2.93 bits per heavy atom. The fourth-order valence-electron chi connectivity index (χ4n) is 1.68. The van der Waals surface area contributed by atoms with E-state index in [0.29, 0.717) is 5.44 Å². The highest BCUT2D eigenvalue weighted by atomic mass is 32.2. The highest BCUT2D eigenvalue weighted by molar-refractivity contribution is 8.00. The SMILES string of the molecule is CC/C=C\CC1OCCC(CCC)S1. The molecule has 0 aromatic rings. The van der Waals surface area contributed by atoms with E-state index in [-0.39, 0.29) is 0 Å². The summed E-state index contributed by atoms with van der Waals surface area (Å²) in [7, 11) is 0. The summed E-state index contributed by atoms with van der Waals surface area (Å²) in [4.78, 5) is 0. The lowest BCUT2D eigenvalue weighted by Gasteiger charge is -2.28. The molecule has 82 valence electrons. The summed E-state index contributed by atoms with van der Waals surface area (Å²) >= 11 is 2.03. The van der Waals surface area contributed by atoms with Crippen molar-refractivity contribution in [3.63, 3.8) is 0 Å². The van der Waals surface area contributed by atoms with Gasteiger partial charge in [0.2, 0.25) is 0 Å². The number of hydrogen-bond donors (Lipinski definition) is 0. The first kappa shape index (κ1) is 12.1. The third-order valence-corrected chi connectivity index (χ3v) is 3.92. The van der Waals surface area contributed by atoms with Crippen LogP contribution in [0.1, 0.15) is 46.0 Å². The molecule has 0 N–H and O–H groups in total. The van der Waals surface area contributed by atoms with E-state index in [2.05, 4.69) is 26.0 Å². The van der Waals surface area contributed by atoms with E-state index in [9.17, 15) is 0 Å². The summed E-state index contributed by atoms with van der Waals surface area (Å²) in [6.45, 7) is 5.40. The van der Waals surface area contributed by atoms with Gasteiger partial charge >= 0.3 is 0 Å². The minimum absolute atomic E-state index is 0.420. The molecule has 1 fully saturated rings. The molecule has 1 aliphatic rings. The molecule has 2 unspecified atom stereocenters. The van der Waals surface area contributed by atoms with Gasteiger partial charge < -0.3 is 4.74 Å². The molecule has 1 rings (SSSR count). The lowest BCUT2D eigenvalue weighted by atomic mass is 10.2. The maximum Gasteiger partial charge on any atom is 0.106 e. The van der Waals surface area contributed by atoms with E-state index >= 15 is 0 Å². The summed E-state index contributed by atoms with van der Waals surface area (Å²) in [5, 5.41) is 0.841. The van der Waals surface area contributed by atoms with Crippen molar-refractivity contribution in [2.24, 2.45) is 0 Å². The summed E-state index contributed by atoms with van der Waals surface area (Å²) in [6, 6.07) is 0. The van der Waals surface area contributed by atoms with Crippen LogP contribution in [-0.4, -0.2) is 17.3 Å². The Hall–Kier alpha value is 0.0500. The zero-order valence-electron chi connectivity index (χ0n) is 9.37. The van der Waals surface area contributed by atoms with Gasteiger partial charge in [-0.3, -0.25) is 0 Å². The maximum atomic E-state index is 5.71. The zero-order chi connectivity index (χ0) is 10.2. The van der Waals surface area contributed by atoms with Gasteiger partial charge in [0.1, 0.15) is 5.44 Å². The second-order valence-electron chi connectivity index (χ2n) is 3.75. The van der Waals surface area contributed by atoms with Crippen molar-refractivity contribution in [3.8, 4) is 0 Å². The van der Waals surface area contributed by atoms with Crippen molar-refractivity contribution in [2.75, 3.05) is 6.61 Å². The molecule has 2 heteroatoms. The molecular weight excluding hydrogens is 192 g/mol. The van der Waals surface area contributed by atoms with Crippen molar-refractivity contribution in [3.05, 3.63) is 12.2 Å². The van der Waals surface area contributed by atoms with E-state index in [0.717, 1.165) is 24.7 Å². The number of thioether (sulfide) groups is 1. The van der Waals surface area contributed by atoms with Gasteiger partial charge in [-0.25, -0.2) is 0 Å². The smallest absolute Gasteiger partial charge is 0.106 e. The van der Waals surface area contributed by atoms with Gasteiger partial charge in [0.15, 0.2) is 0 Å². The molecule has 0 spiro atoms. The van der Waals surface area contributed by atoms with Crippen molar-refractivity contribution in [2.45, 2.75) is 56.6 Å². The van der Waals surface area contributed by atoms with Crippen LogP contribution in [-0.2, 0) is 4.74 Å². The van der Waals surface area contributed by atoms with Gasteiger partial charge in [0.05, 0.1) is 0 Å². The largest absolute Gasteiger partial charge is 0.367 e. The lowest BCUT2D eigenvalue weighted by molar-refractivity contribution is 0.101. The monoisotopic (exact) mass is 214 g/mol. The third-order valence-electron chi connectivity index (χ3n) is 2.43. The van der Waals surface area contributed by atoms with Gasteiger partial charge in [0.25, 0.3) is 0 Å². The minimum Gasteiger partial charge on any atom is -0.367 e. The topological polar surface area (TPSA) is 9.23 Å². The van der Waals surface area contributed by atoms with Crippen LogP contribution < -0.4 is 0 Å². The van der Waals surface area contributed by atoms with Gasteiger partial charge in [0, 0.05) is 18.3 Å². The molecule has 1 aliphatic heterocycles. The van der Waals surface area contributed by atoms with E-state index in [4.69, 9.17) is 4.74 Å². The lowest BCUT2D eigenvalue weighted by Crippen LogP contribution is -2.22. The van der Waals surface area contributed by atoms with Crippen LogP contribution in [0.15, 0.2) is 12.2 Å². The van der Waals surface area contributed by atoms with Gasteiger partial charge in [-0.05, 0) is 19.3 Å². The van der Waals surface area contributed by atoms with Crippen LogP contribution >= 0.6 is 11.8 Å². The predicted octanol–water partition coefficient (Wildman–Crippen LogP) is 3.99. The zero-order valence-corrected chi connectivity index (χ0v) is 10.2. The minimum atomic E-state index is 0.420. The van der Waals surface area contributed by atoms with Crippen molar-refractivity contribution in [1.82, 2.24) is 0 Å². The van der Waals surface area contributed by atoms with E-state index < -0.39 is 0 Å². The molecule has 2 atom stereocenters. The molecule has 0 amide bonds. The number of allylic oxidation sites excluding steroid dienone is 1. The van der Waals surface area contributed by atoms with Gasteiger partial charge in [-0.15, -0.1) is 11.8 Å². The normalized spacial score (nSPS) is 28.4. The Balaban J connectivity index is 2.21. The molecule has 1 nitrogen and oxygen atoms in total. The molecule has 0 radical (unpaired) electrons. The highest BCUT2D eigenvalue weighted by Crippen LogP contribution is 2.31. The van der Waals surface area contributed by atoms with Crippen LogP contribution in [0.3, 0.4) is 0 Å². The standard InChI is InChI=1S/C12H22OS/c1-3-5-6-8-12-13-10-9-11(14-12)7-4-2/h5-6,11-12H,3-4,7-10H2,1-2H3/b6-5-. The first-order valence-corrected chi connectivity index (χ1v) is 6.73. The quantitative estimate of drug-likeness (QED) is 0.640. The second-order valence-corrected chi connectivity index (χ2v) is 5.22. The number of rotatable bonds is 5. The van der Waals surface area contributed by atoms with E-state index in [1.54, 1.807) is 0 Å². The van der Waals surface area contributed by atoms with Crippen molar-refractivity contribution < 1.29 is 4.74 Å². The van der Waals surface area contributed by atoms with Crippen LogP contribution in [0.2, 0.25) is 0 Å². The van der Waals surface area contributed by atoms with Crippen molar-refractivity contribution in [1.29, 1.82) is 0 Å². The molecule has 1 heterocycles. The molecule has 0 saturated carbocycles. The molecule has 0 bridgehead atoms. The first-order chi connectivity index (χ1) is 6.86. The number of hydrogen-bond acceptors (Lipinski definition) is 2. The fourth-order valence-corrected chi connectivity index (χ4v) is 3.12. The fraction of sp³-hybridized carbons (Fsp3) is 0.833. The average Bonchev–Trinajstić information content (AvgIpc) is 2.19. The van der Waals surface area contributed by atoms with Crippen LogP contribution in [0, 0.1) is 0 Å². The molecule has 1 saturated heterocycles.